The average molecular weight is 293 g/mol. The minimum Gasteiger partial charge on any atom is -0.356 e. The molecule has 2 amide bonds. The molecule has 0 saturated carbocycles. The number of carbonyl (C=O) groups excluding carboxylic acids is 2. The Morgan fingerprint density at radius 2 is 2.14 bits per heavy atom. The smallest absolute Gasteiger partial charge is 0.272 e. The second kappa shape index (κ2) is 5.75. The van der Waals surface area contributed by atoms with Crippen molar-refractivity contribution in [2.75, 3.05) is 11.9 Å². The number of amides is 2. The molecule has 0 radical (unpaired) electrons. The predicted octanol–water partition coefficient (Wildman–Crippen LogP) is 0.732. The van der Waals surface area contributed by atoms with Gasteiger partial charge in [-0.15, -0.1) is 0 Å². The number of aryl methyl sites for hydroxylation is 1. The lowest BCUT2D eigenvalue weighted by atomic mass is 10.1. The number of imidazole rings is 1. The van der Waals surface area contributed by atoms with Gasteiger partial charge in [0.2, 0.25) is 11.9 Å². The van der Waals surface area contributed by atoms with Crippen molar-refractivity contribution in [3.8, 4) is 0 Å². The number of carbonyl (C=O) groups is 2. The Morgan fingerprint density at radius 3 is 2.76 bits per heavy atom. The zero-order valence-electron chi connectivity index (χ0n) is 13.0. The molecule has 1 aliphatic heterocycles. The van der Waals surface area contributed by atoms with Gasteiger partial charge in [0.05, 0.1) is 0 Å². The van der Waals surface area contributed by atoms with Crippen LogP contribution in [-0.4, -0.2) is 39.5 Å². The van der Waals surface area contributed by atoms with E-state index in [1.54, 1.807) is 13.1 Å². The van der Waals surface area contributed by atoms with Gasteiger partial charge in [0.1, 0.15) is 11.7 Å². The van der Waals surface area contributed by atoms with Gasteiger partial charge in [0.25, 0.3) is 5.91 Å². The van der Waals surface area contributed by atoms with Crippen LogP contribution in [0.3, 0.4) is 0 Å². The first-order valence-corrected chi connectivity index (χ1v) is 7.20. The molecular weight excluding hydrogens is 270 g/mol. The molecule has 1 aromatic rings. The zero-order valence-corrected chi connectivity index (χ0v) is 13.0. The fourth-order valence-corrected chi connectivity index (χ4v) is 2.10. The molecule has 0 spiro atoms. The van der Waals surface area contributed by atoms with Gasteiger partial charge >= 0.3 is 0 Å². The SMILES string of the molecule is CC(NC(=O)c1cn2c(n1)NCCC2)C(=O)NC(C)(C)C. The Hall–Kier alpha value is -2.05. The molecule has 21 heavy (non-hydrogen) atoms. The lowest BCUT2D eigenvalue weighted by molar-refractivity contribution is -0.124. The van der Waals surface area contributed by atoms with Crippen LogP contribution in [0.1, 0.15) is 44.6 Å². The summed E-state index contributed by atoms with van der Waals surface area (Å²) in [6.45, 7) is 9.07. The quantitative estimate of drug-likeness (QED) is 0.766. The van der Waals surface area contributed by atoms with Gasteiger partial charge in [-0.05, 0) is 34.1 Å². The summed E-state index contributed by atoms with van der Waals surface area (Å²) < 4.78 is 1.91. The number of nitrogens with zero attached hydrogens (tertiary/aromatic N) is 2. The van der Waals surface area contributed by atoms with E-state index in [0.29, 0.717) is 11.6 Å². The highest BCUT2D eigenvalue weighted by molar-refractivity contribution is 5.96. The summed E-state index contributed by atoms with van der Waals surface area (Å²) in [6.07, 6.45) is 2.72. The van der Waals surface area contributed by atoms with Crippen molar-refractivity contribution < 1.29 is 9.59 Å². The Balaban J connectivity index is 1.97. The van der Waals surface area contributed by atoms with Crippen LogP contribution in [-0.2, 0) is 11.3 Å². The van der Waals surface area contributed by atoms with Crippen LogP contribution < -0.4 is 16.0 Å². The molecule has 3 N–H and O–H groups in total. The highest BCUT2D eigenvalue weighted by Gasteiger charge is 2.23. The van der Waals surface area contributed by atoms with Crippen molar-refractivity contribution in [1.29, 1.82) is 0 Å². The predicted molar refractivity (Wildman–Crippen MR) is 80.2 cm³/mol. The van der Waals surface area contributed by atoms with Crippen molar-refractivity contribution in [3.05, 3.63) is 11.9 Å². The number of fused-ring (bicyclic) bond motifs is 1. The van der Waals surface area contributed by atoms with Gasteiger partial charge in [-0.1, -0.05) is 0 Å². The Morgan fingerprint density at radius 1 is 1.43 bits per heavy atom. The lowest BCUT2D eigenvalue weighted by Crippen LogP contribution is -2.50. The van der Waals surface area contributed by atoms with Gasteiger partial charge in [-0.25, -0.2) is 4.98 Å². The molecule has 116 valence electrons. The van der Waals surface area contributed by atoms with Crippen molar-refractivity contribution in [2.24, 2.45) is 0 Å². The van der Waals surface area contributed by atoms with E-state index < -0.39 is 6.04 Å². The van der Waals surface area contributed by atoms with E-state index in [2.05, 4.69) is 20.9 Å². The number of rotatable bonds is 3. The molecular formula is C14H23N5O2. The fourth-order valence-electron chi connectivity index (χ4n) is 2.10. The van der Waals surface area contributed by atoms with E-state index in [0.717, 1.165) is 19.5 Å². The average Bonchev–Trinajstić information content (AvgIpc) is 2.80. The Labute approximate surface area is 124 Å². The van der Waals surface area contributed by atoms with Crippen LogP contribution in [0.4, 0.5) is 5.95 Å². The van der Waals surface area contributed by atoms with E-state index in [1.165, 1.54) is 0 Å². The summed E-state index contributed by atoms with van der Waals surface area (Å²) in [5.74, 6) is 0.159. The largest absolute Gasteiger partial charge is 0.356 e. The number of anilines is 1. The second-order valence-electron chi connectivity index (χ2n) is 6.36. The van der Waals surface area contributed by atoms with E-state index >= 15 is 0 Å². The summed E-state index contributed by atoms with van der Waals surface area (Å²) in [7, 11) is 0. The van der Waals surface area contributed by atoms with Crippen LogP contribution in [0.2, 0.25) is 0 Å². The van der Waals surface area contributed by atoms with Gasteiger partial charge in [-0.3, -0.25) is 9.59 Å². The molecule has 0 aromatic carbocycles. The normalized spacial score (nSPS) is 15.6. The molecule has 2 heterocycles. The van der Waals surface area contributed by atoms with Crippen molar-refractivity contribution in [2.45, 2.75) is 52.2 Å². The van der Waals surface area contributed by atoms with Gasteiger partial charge in [-0.2, -0.15) is 0 Å². The van der Waals surface area contributed by atoms with E-state index in [4.69, 9.17) is 0 Å². The zero-order chi connectivity index (χ0) is 15.6. The van der Waals surface area contributed by atoms with Gasteiger partial charge in [0.15, 0.2) is 0 Å². The number of nitrogens with one attached hydrogen (secondary N) is 3. The maximum Gasteiger partial charge on any atom is 0.272 e. The standard InChI is InChI=1S/C14H23N5O2/c1-9(11(20)18-14(2,3)4)16-12(21)10-8-19-7-5-6-15-13(19)17-10/h8-9H,5-7H2,1-4H3,(H,15,17)(H,16,21)(H,18,20). The Bertz CT molecular complexity index is 521. The molecule has 0 saturated heterocycles. The first-order chi connectivity index (χ1) is 9.76. The third-order valence-electron chi connectivity index (χ3n) is 3.11. The minimum absolute atomic E-state index is 0.210. The van der Waals surface area contributed by atoms with E-state index in [9.17, 15) is 9.59 Å². The number of aromatic nitrogens is 2. The number of hydrogen-bond donors (Lipinski definition) is 3. The van der Waals surface area contributed by atoms with Crippen LogP contribution in [0.5, 0.6) is 0 Å². The molecule has 7 heteroatoms. The summed E-state index contributed by atoms with van der Waals surface area (Å²) in [5, 5.41) is 8.64. The summed E-state index contributed by atoms with van der Waals surface area (Å²) in [6, 6.07) is -0.608. The third-order valence-corrected chi connectivity index (χ3v) is 3.11. The lowest BCUT2D eigenvalue weighted by Gasteiger charge is -2.23. The molecule has 0 bridgehead atoms. The first kappa shape index (κ1) is 15.3. The maximum absolute atomic E-state index is 12.1. The minimum atomic E-state index is -0.608. The highest BCUT2D eigenvalue weighted by atomic mass is 16.2. The summed E-state index contributed by atoms with van der Waals surface area (Å²) in [4.78, 5) is 28.4. The van der Waals surface area contributed by atoms with Crippen molar-refractivity contribution in [3.63, 3.8) is 0 Å². The van der Waals surface area contributed by atoms with Crippen LogP contribution >= 0.6 is 0 Å². The maximum atomic E-state index is 12.1. The van der Waals surface area contributed by atoms with E-state index in [-0.39, 0.29) is 17.4 Å². The van der Waals surface area contributed by atoms with Crippen LogP contribution in [0.15, 0.2) is 6.20 Å². The summed E-state index contributed by atoms with van der Waals surface area (Å²) in [5.41, 5.74) is 0.00262. The molecule has 2 rings (SSSR count). The van der Waals surface area contributed by atoms with Crippen LogP contribution in [0.25, 0.3) is 0 Å². The molecule has 1 unspecified atom stereocenters. The highest BCUT2D eigenvalue weighted by Crippen LogP contribution is 2.14. The number of hydrogen-bond acceptors (Lipinski definition) is 4. The molecule has 0 aliphatic carbocycles. The Kier molecular flexibility index (Phi) is 4.20. The van der Waals surface area contributed by atoms with Crippen LogP contribution in [0, 0.1) is 0 Å². The molecule has 7 nitrogen and oxygen atoms in total. The summed E-state index contributed by atoms with van der Waals surface area (Å²) >= 11 is 0. The monoisotopic (exact) mass is 293 g/mol. The van der Waals surface area contributed by atoms with E-state index in [1.807, 2.05) is 25.3 Å². The first-order valence-electron chi connectivity index (χ1n) is 7.20. The molecule has 1 aliphatic rings. The fraction of sp³-hybridized carbons (Fsp3) is 0.643. The molecule has 1 aromatic heterocycles. The van der Waals surface area contributed by atoms with Crippen molar-refractivity contribution in [1.82, 2.24) is 20.2 Å². The van der Waals surface area contributed by atoms with Crippen molar-refractivity contribution >= 4 is 17.8 Å². The topological polar surface area (TPSA) is 88.1 Å². The van der Waals surface area contributed by atoms with Gasteiger partial charge < -0.3 is 20.5 Å². The van der Waals surface area contributed by atoms with Gasteiger partial charge in [0, 0.05) is 24.8 Å². The molecule has 0 fully saturated rings. The third kappa shape index (κ3) is 3.96. The second-order valence-corrected chi connectivity index (χ2v) is 6.36. The molecule has 1 atom stereocenters.